The van der Waals surface area contributed by atoms with Crippen molar-refractivity contribution in [1.29, 1.82) is 0 Å². The standard InChI is InChI=1S/C17H18N2O/c1-20-12-13-6-2-4-8-16(13)18-10-14-11-19-17-9-5-3-7-15(14)17/h2-9,11,18-19H,10,12H2,1H3. The number of aromatic nitrogens is 1. The quantitative estimate of drug-likeness (QED) is 0.734. The number of hydrogen-bond donors (Lipinski definition) is 2. The number of nitrogens with one attached hydrogen (secondary N) is 2. The van der Waals surface area contributed by atoms with Crippen LogP contribution in [0.5, 0.6) is 0 Å². The van der Waals surface area contributed by atoms with E-state index >= 15 is 0 Å². The van der Waals surface area contributed by atoms with Crippen molar-refractivity contribution in [2.75, 3.05) is 12.4 Å². The summed E-state index contributed by atoms with van der Waals surface area (Å²) in [5.41, 5.74) is 4.75. The number of aromatic amines is 1. The van der Waals surface area contributed by atoms with Crippen LogP contribution in [0.15, 0.2) is 54.7 Å². The van der Waals surface area contributed by atoms with Crippen molar-refractivity contribution >= 4 is 16.6 Å². The van der Waals surface area contributed by atoms with Gasteiger partial charge in [-0.3, -0.25) is 0 Å². The minimum Gasteiger partial charge on any atom is -0.381 e. The van der Waals surface area contributed by atoms with Crippen molar-refractivity contribution in [3.63, 3.8) is 0 Å². The Bertz CT molecular complexity index is 703. The van der Waals surface area contributed by atoms with Gasteiger partial charge in [0.05, 0.1) is 6.61 Å². The number of benzene rings is 2. The second kappa shape index (κ2) is 5.80. The van der Waals surface area contributed by atoms with Gasteiger partial charge < -0.3 is 15.0 Å². The Morgan fingerprint density at radius 1 is 1.00 bits per heavy atom. The van der Waals surface area contributed by atoms with Crippen LogP contribution in [0.2, 0.25) is 0 Å². The highest BCUT2D eigenvalue weighted by Crippen LogP contribution is 2.21. The molecule has 3 heteroatoms. The van der Waals surface area contributed by atoms with Crippen LogP contribution >= 0.6 is 0 Å². The summed E-state index contributed by atoms with van der Waals surface area (Å²) in [7, 11) is 1.72. The first-order chi connectivity index (χ1) is 9.88. The van der Waals surface area contributed by atoms with Crippen LogP contribution in [0.1, 0.15) is 11.1 Å². The monoisotopic (exact) mass is 266 g/mol. The largest absolute Gasteiger partial charge is 0.381 e. The van der Waals surface area contributed by atoms with Gasteiger partial charge >= 0.3 is 0 Å². The van der Waals surface area contributed by atoms with Gasteiger partial charge in [0, 0.05) is 42.0 Å². The first-order valence-electron chi connectivity index (χ1n) is 6.74. The first-order valence-corrected chi connectivity index (χ1v) is 6.74. The smallest absolute Gasteiger partial charge is 0.0733 e. The van der Waals surface area contributed by atoms with Crippen LogP contribution in [0.3, 0.4) is 0 Å². The molecule has 0 aliphatic heterocycles. The van der Waals surface area contributed by atoms with Gasteiger partial charge in [0.15, 0.2) is 0 Å². The molecule has 20 heavy (non-hydrogen) atoms. The Balaban J connectivity index is 1.80. The predicted octanol–water partition coefficient (Wildman–Crippen LogP) is 3.93. The summed E-state index contributed by atoms with van der Waals surface area (Å²) in [6, 6.07) is 16.6. The van der Waals surface area contributed by atoms with E-state index in [0.29, 0.717) is 6.61 Å². The lowest BCUT2D eigenvalue weighted by molar-refractivity contribution is 0.185. The minimum absolute atomic E-state index is 0.622. The lowest BCUT2D eigenvalue weighted by atomic mass is 10.1. The molecule has 0 aliphatic rings. The van der Waals surface area contributed by atoms with Crippen molar-refractivity contribution in [1.82, 2.24) is 4.98 Å². The predicted molar refractivity (Wildman–Crippen MR) is 82.8 cm³/mol. The molecule has 3 rings (SSSR count). The molecule has 0 fully saturated rings. The van der Waals surface area contributed by atoms with Gasteiger partial charge in [0.2, 0.25) is 0 Å². The van der Waals surface area contributed by atoms with Crippen molar-refractivity contribution < 1.29 is 4.74 Å². The fraction of sp³-hybridized carbons (Fsp3) is 0.176. The summed E-state index contributed by atoms with van der Waals surface area (Å²) in [6.45, 7) is 1.42. The molecule has 0 aliphatic carbocycles. The summed E-state index contributed by atoms with van der Waals surface area (Å²) in [5, 5.41) is 4.76. The van der Waals surface area contributed by atoms with E-state index in [0.717, 1.165) is 12.2 Å². The molecule has 1 aromatic heterocycles. The molecule has 0 unspecified atom stereocenters. The number of hydrogen-bond acceptors (Lipinski definition) is 2. The molecular formula is C17H18N2O. The van der Waals surface area contributed by atoms with Gasteiger partial charge in [0.1, 0.15) is 0 Å². The Hall–Kier alpha value is -2.26. The minimum atomic E-state index is 0.622. The fourth-order valence-corrected chi connectivity index (χ4v) is 2.44. The maximum Gasteiger partial charge on any atom is 0.0733 e. The molecule has 0 saturated heterocycles. The topological polar surface area (TPSA) is 37.0 Å². The highest BCUT2D eigenvalue weighted by molar-refractivity contribution is 5.83. The lowest BCUT2D eigenvalue weighted by Gasteiger charge is -2.11. The normalized spacial score (nSPS) is 10.8. The average Bonchev–Trinajstić information content (AvgIpc) is 2.90. The summed E-state index contributed by atoms with van der Waals surface area (Å²) in [5.74, 6) is 0. The molecule has 2 aromatic carbocycles. The molecule has 0 amide bonds. The van der Waals surface area contributed by atoms with Crippen LogP contribution in [-0.2, 0) is 17.9 Å². The molecule has 0 spiro atoms. The van der Waals surface area contributed by atoms with Gasteiger partial charge in [-0.25, -0.2) is 0 Å². The Morgan fingerprint density at radius 2 is 1.80 bits per heavy atom. The first kappa shape index (κ1) is 12.8. The number of para-hydroxylation sites is 2. The van der Waals surface area contributed by atoms with E-state index in [1.165, 1.54) is 22.0 Å². The third-order valence-corrected chi connectivity index (χ3v) is 3.46. The highest BCUT2D eigenvalue weighted by Gasteiger charge is 2.04. The number of rotatable bonds is 5. The maximum absolute atomic E-state index is 5.23. The van der Waals surface area contributed by atoms with Gasteiger partial charge in [-0.1, -0.05) is 36.4 Å². The second-order valence-corrected chi connectivity index (χ2v) is 4.80. The molecule has 102 valence electrons. The molecule has 0 radical (unpaired) electrons. The van der Waals surface area contributed by atoms with E-state index < -0.39 is 0 Å². The van der Waals surface area contributed by atoms with E-state index in [9.17, 15) is 0 Å². The van der Waals surface area contributed by atoms with Crippen molar-refractivity contribution in [3.05, 3.63) is 65.9 Å². The van der Waals surface area contributed by atoms with Crippen molar-refractivity contribution in [3.8, 4) is 0 Å². The number of methoxy groups -OCH3 is 1. The number of fused-ring (bicyclic) bond motifs is 1. The van der Waals surface area contributed by atoms with E-state index in [2.05, 4.69) is 46.8 Å². The molecule has 1 heterocycles. The number of ether oxygens (including phenoxy) is 1. The van der Waals surface area contributed by atoms with Crippen molar-refractivity contribution in [2.24, 2.45) is 0 Å². The SMILES string of the molecule is COCc1ccccc1NCc1c[nH]c2ccccc12. The fourth-order valence-electron chi connectivity index (χ4n) is 2.44. The van der Waals surface area contributed by atoms with Crippen LogP contribution in [0.25, 0.3) is 10.9 Å². The summed E-state index contributed by atoms with van der Waals surface area (Å²) >= 11 is 0. The molecule has 3 nitrogen and oxygen atoms in total. The van der Waals surface area contributed by atoms with Gasteiger partial charge in [0.25, 0.3) is 0 Å². The van der Waals surface area contributed by atoms with Gasteiger partial charge in [-0.2, -0.15) is 0 Å². The maximum atomic E-state index is 5.23. The van der Waals surface area contributed by atoms with E-state index in [4.69, 9.17) is 4.74 Å². The zero-order chi connectivity index (χ0) is 13.8. The molecule has 2 N–H and O–H groups in total. The van der Waals surface area contributed by atoms with Crippen LogP contribution in [-0.4, -0.2) is 12.1 Å². The highest BCUT2D eigenvalue weighted by atomic mass is 16.5. The van der Waals surface area contributed by atoms with E-state index in [1.807, 2.05) is 18.2 Å². The third kappa shape index (κ3) is 2.53. The zero-order valence-electron chi connectivity index (χ0n) is 11.5. The van der Waals surface area contributed by atoms with Crippen LogP contribution < -0.4 is 5.32 Å². The summed E-state index contributed by atoms with van der Waals surface area (Å²) < 4.78 is 5.23. The summed E-state index contributed by atoms with van der Waals surface area (Å²) in [6.07, 6.45) is 2.07. The summed E-state index contributed by atoms with van der Waals surface area (Å²) in [4.78, 5) is 3.30. The third-order valence-electron chi connectivity index (χ3n) is 3.46. The molecular weight excluding hydrogens is 248 g/mol. The van der Waals surface area contributed by atoms with E-state index in [-0.39, 0.29) is 0 Å². The number of anilines is 1. The number of H-pyrrole nitrogens is 1. The Labute approximate surface area is 118 Å². The molecule has 3 aromatic rings. The molecule has 0 atom stereocenters. The molecule has 0 saturated carbocycles. The van der Waals surface area contributed by atoms with Gasteiger partial charge in [-0.05, 0) is 17.7 Å². The van der Waals surface area contributed by atoms with Crippen molar-refractivity contribution in [2.45, 2.75) is 13.2 Å². The lowest BCUT2D eigenvalue weighted by Crippen LogP contribution is -2.02. The molecule has 0 bridgehead atoms. The zero-order valence-corrected chi connectivity index (χ0v) is 11.5. The Kier molecular flexibility index (Phi) is 3.70. The second-order valence-electron chi connectivity index (χ2n) is 4.80. The van der Waals surface area contributed by atoms with Crippen LogP contribution in [0, 0.1) is 0 Å². The van der Waals surface area contributed by atoms with Gasteiger partial charge in [-0.15, -0.1) is 0 Å². The Morgan fingerprint density at radius 3 is 2.70 bits per heavy atom. The van der Waals surface area contributed by atoms with E-state index in [1.54, 1.807) is 7.11 Å². The average molecular weight is 266 g/mol. The van der Waals surface area contributed by atoms with Crippen LogP contribution in [0.4, 0.5) is 5.69 Å².